The van der Waals surface area contributed by atoms with Crippen molar-refractivity contribution in [3.63, 3.8) is 0 Å². The van der Waals surface area contributed by atoms with Gasteiger partial charge in [0.2, 0.25) is 11.9 Å². The molecule has 1 amide bonds. The molecule has 0 spiro atoms. The zero-order valence-electron chi connectivity index (χ0n) is 17.5. The molecule has 3 N–H and O–H groups in total. The quantitative estimate of drug-likeness (QED) is 0.484. The van der Waals surface area contributed by atoms with Crippen LogP contribution >= 0.6 is 0 Å². The minimum atomic E-state index is -0.900. The Bertz CT molecular complexity index is 1190. The predicted octanol–water partition coefficient (Wildman–Crippen LogP) is 1.22. The van der Waals surface area contributed by atoms with Crippen LogP contribution in [0.1, 0.15) is 36.9 Å². The van der Waals surface area contributed by atoms with Crippen LogP contribution in [0.5, 0.6) is 0 Å². The van der Waals surface area contributed by atoms with Crippen molar-refractivity contribution in [3.05, 3.63) is 52.6 Å². The van der Waals surface area contributed by atoms with Gasteiger partial charge in [0.1, 0.15) is 18.9 Å². The number of H-pyrrole nitrogens is 1. The standard InChI is InChI=1S/C21H23N5O6/c1-11(2)18(28)24-21-23-17-16(19(29)25-21)22-10-26(17)15-8-13(27)14(32-15)9-31-20(30)12-6-4-3-5-7-12/h3-7,10-11,13-15,27H,8-9H2,1-2H3,(H2,23,24,25,28,29)/t13?,14-,15-/m1/s1. The molecule has 11 heteroatoms. The number of nitrogens with zero attached hydrogens (tertiary/aromatic N) is 3. The molecular weight excluding hydrogens is 418 g/mol. The second kappa shape index (κ2) is 8.89. The van der Waals surface area contributed by atoms with Crippen molar-refractivity contribution in [1.82, 2.24) is 19.5 Å². The van der Waals surface area contributed by atoms with Crippen molar-refractivity contribution in [2.75, 3.05) is 11.9 Å². The predicted molar refractivity (Wildman–Crippen MR) is 113 cm³/mol. The summed E-state index contributed by atoms with van der Waals surface area (Å²) in [6.07, 6.45) is -0.772. The fourth-order valence-electron chi connectivity index (χ4n) is 3.31. The highest BCUT2D eigenvalue weighted by molar-refractivity contribution is 5.91. The largest absolute Gasteiger partial charge is 0.459 e. The van der Waals surface area contributed by atoms with Crippen molar-refractivity contribution in [1.29, 1.82) is 0 Å². The number of esters is 1. The van der Waals surface area contributed by atoms with E-state index < -0.39 is 30.0 Å². The molecule has 32 heavy (non-hydrogen) atoms. The molecule has 1 unspecified atom stereocenters. The number of aromatic amines is 1. The van der Waals surface area contributed by atoms with Crippen LogP contribution in [0.4, 0.5) is 5.95 Å². The zero-order chi connectivity index (χ0) is 22.8. The smallest absolute Gasteiger partial charge is 0.338 e. The number of carbonyl (C=O) groups excluding carboxylic acids is 2. The zero-order valence-corrected chi connectivity index (χ0v) is 17.5. The molecule has 3 aromatic rings. The number of anilines is 1. The second-order valence-corrected chi connectivity index (χ2v) is 7.78. The van der Waals surface area contributed by atoms with E-state index in [0.717, 1.165) is 0 Å². The van der Waals surface area contributed by atoms with Gasteiger partial charge in [0.25, 0.3) is 5.56 Å². The number of amides is 1. The van der Waals surface area contributed by atoms with Crippen LogP contribution in [0.3, 0.4) is 0 Å². The number of hydrogen-bond donors (Lipinski definition) is 3. The summed E-state index contributed by atoms with van der Waals surface area (Å²) in [6, 6.07) is 8.51. The Balaban J connectivity index is 1.49. The van der Waals surface area contributed by atoms with Gasteiger partial charge in [-0.1, -0.05) is 32.0 Å². The molecule has 1 aliphatic heterocycles. The second-order valence-electron chi connectivity index (χ2n) is 7.78. The van der Waals surface area contributed by atoms with Crippen LogP contribution < -0.4 is 10.9 Å². The maximum atomic E-state index is 12.3. The number of carbonyl (C=O) groups is 2. The third kappa shape index (κ3) is 4.39. The van der Waals surface area contributed by atoms with Crippen molar-refractivity contribution < 1.29 is 24.2 Å². The van der Waals surface area contributed by atoms with Gasteiger partial charge in [0.15, 0.2) is 11.2 Å². The number of ether oxygens (including phenoxy) is 2. The van der Waals surface area contributed by atoms with Crippen LogP contribution in [0, 0.1) is 5.92 Å². The van der Waals surface area contributed by atoms with E-state index in [-0.39, 0.29) is 42.0 Å². The lowest BCUT2D eigenvalue weighted by Crippen LogP contribution is -2.28. The molecule has 0 radical (unpaired) electrons. The van der Waals surface area contributed by atoms with E-state index in [0.29, 0.717) is 5.56 Å². The van der Waals surface area contributed by atoms with E-state index in [1.54, 1.807) is 44.2 Å². The van der Waals surface area contributed by atoms with E-state index in [4.69, 9.17) is 9.47 Å². The molecule has 168 valence electrons. The lowest BCUT2D eigenvalue weighted by Gasteiger charge is -2.16. The van der Waals surface area contributed by atoms with Gasteiger partial charge in [-0.15, -0.1) is 0 Å². The maximum Gasteiger partial charge on any atom is 0.338 e. The lowest BCUT2D eigenvalue weighted by atomic mass is 10.2. The Morgan fingerprint density at radius 2 is 2.09 bits per heavy atom. The van der Waals surface area contributed by atoms with Gasteiger partial charge in [0.05, 0.1) is 18.0 Å². The van der Waals surface area contributed by atoms with Gasteiger partial charge in [-0.05, 0) is 12.1 Å². The molecule has 3 atom stereocenters. The minimum absolute atomic E-state index is 0.00478. The van der Waals surface area contributed by atoms with E-state index >= 15 is 0 Å². The number of aliphatic hydroxyl groups excluding tert-OH is 1. The Labute approximate surface area is 182 Å². The number of fused-ring (bicyclic) bond motifs is 1. The normalized spacial score (nSPS) is 20.6. The van der Waals surface area contributed by atoms with Crippen LogP contribution in [0.25, 0.3) is 11.2 Å². The molecule has 4 rings (SSSR count). The number of nitrogens with one attached hydrogen (secondary N) is 2. The van der Waals surface area contributed by atoms with Crippen molar-refractivity contribution in [2.45, 2.75) is 38.7 Å². The van der Waals surface area contributed by atoms with E-state index in [9.17, 15) is 19.5 Å². The summed E-state index contributed by atoms with van der Waals surface area (Å²) in [7, 11) is 0. The molecule has 0 bridgehead atoms. The number of rotatable bonds is 6. The Morgan fingerprint density at radius 1 is 1.34 bits per heavy atom. The average molecular weight is 441 g/mol. The number of imidazole rings is 1. The average Bonchev–Trinajstić information content (AvgIpc) is 3.36. The lowest BCUT2D eigenvalue weighted by molar-refractivity contribution is -0.118. The van der Waals surface area contributed by atoms with Crippen molar-refractivity contribution in [2.24, 2.45) is 5.92 Å². The van der Waals surface area contributed by atoms with Gasteiger partial charge >= 0.3 is 5.97 Å². The summed E-state index contributed by atoms with van der Waals surface area (Å²) < 4.78 is 12.7. The van der Waals surface area contributed by atoms with Gasteiger partial charge in [-0.25, -0.2) is 9.78 Å². The molecule has 0 saturated carbocycles. The first-order valence-corrected chi connectivity index (χ1v) is 10.2. The molecular formula is C21H23N5O6. The van der Waals surface area contributed by atoms with Gasteiger partial charge in [-0.2, -0.15) is 4.98 Å². The van der Waals surface area contributed by atoms with Gasteiger partial charge in [0, 0.05) is 12.3 Å². The van der Waals surface area contributed by atoms with E-state index in [2.05, 4.69) is 20.3 Å². The van der Waals surface area contributed by atoms with Crippen LogP contribution in [0.15, 0.2) is 41.5 Å². The first kappa shape index (κ1) is 21.7. The van der Waals surface area contributed by atoms with Crippen molar-refractivity contribution in [3.8, 4) is 0 Å². The molecule has 0 aliphatic carbocycles. The van der Waals surface area contributed by atoms with Crippen LogP contribution in [-0.4, -0.2) is 55.3 Å². The van der Waals surface area contributed by atoms with Crippen molar-refractivity contribution >= 4 is 29.0 Å². The Morgan fingerprint density at radius 3 is 2.81 bits per heavy atom. The Hall–Kier alpha value is -3.57. The summed E-state index contributed by atoms with van der Waals surface area (Å²) in [6.45, 7) is 3.30. The van der Waals surface area contributed by atoms with Crippen LogP contribution in [-0.2, 0) is 14.3 Å². The fraction of sp³-hybridized carbons (Fsp3) is 0.381. The van der Waals surface area contributed by atoms with E-state index in [1.807, 2.05) is 0 Å². The number of aromatic nitrogens is 4. The molecule has 2 aromatic heterocycles. The molecule has 3 heterocycles. The number of benzene rings is 1. The molecule has 1 aromatic carbocycles. The highest BCUT2D eigenvalue weighted by atomic mass is 16.6. The maximum absolute atomic E-state index is 12.3. The monoisotopic (exact) mass is 441 g/mol. The summed E-state index contributed by atoms with van der Waals surface area (Å²) in [5.41, 5.74) is 0.160. The minimum Gasteiger partial charge on any atom is -0.459 e. The summed E-state index contributed by atoms with van der Waals surface area (Å²) in [5, 5.41) is 13.0. The topological polar surface area (TPSA) is 148 Å². The Kier molecular flexibility index (Phi) is 6.01. The van der Waals surface area contributed by atoms with E-state index in [1.165, 1.54) is 10.9 Å². The third-order valence-electron chi connectivity index (χ3n) is 5.10. The molecule has 11 nitrogen and oxygen atoms in total. The number of hydrogen-bond acceptors (Lipinski definition) is 8. The highest BCUT2D eigenvalue weighted by Crippen LogP contribution is 2.30. The fourth-order valence-corrected chi connectivity index (χ4v) is 3.31. The molecule has 1 aliphatic rings. The third-order valence-corrected chi connectivity index (χ3v) is 5.10. The summed E-state index contributed by atoms with van der Waals surface area (Å²) >= 11 is 0. The first-order chi connectivity index (χ1) is 15.3. The summed E-state index contributed by atoms with van der Waals surface area (Å²) in [5.74, 6) is -1.12. The summed E-state index contributed by atoms with van der Waals surface area (Å²) in [4.78, 5) is 47.3. The SMILES string of the molecule is CC(C)C(=O)Nc1nc2c(ncn2[C@H]2CC(O)[C@@H](COC(=O)c3ccccc3)O2)c(=O)[nH]1. The van der Waals surface area contributed by atoms with Crippen LogP contribution in [0.2, 0.25) is 0 Å². The molecule has 1 saturated heterocycles. The van der Waals surface area contributed by atoms with Gasteiger partial charge in [-0.3, -0.25) is 24.5 Å². The van der Waals surface area contributed by atoms with Gasteiger partial charge < -0.3 is 14.6 Å². The molecule has 1 fully saturated rings. The highest BCUT2D eigenvalue weighted by Gasteiger charge is 2.37. The number of aliphatic hydroxyl groups is 1. The first-order valence-electron chi connectivity index (χ1n) is 10.2.